The zero-order valence-electron chi connectivity index (χ0n) is 12.1. The maximum absolute atomic E-state index is 5.70. The molecule has 2 aromatic rings. The molecule has 0 aliphatic carbocycles. The number of aryl methyl sites for hydroxylation is 2. The van der Waals surface area contributed by atoms with Crippen molar-refractivity contribution in [2.75, 3.05) is 6.61 Å². The smallest absolute Gasteiger partial charge is 0.137 e. The van der Waals surface area contributed by atoms with Gasteiger partial charge in [-0.05, 0) is 38.0 Å². The normalized spacial score (nSPS) is 12.4. The second kappa shape index (κ2) is 6.54. The minimum atomic E-state index is -0.162. The van der Waals surface area contributed by atoms with Crippen LogP contribution in [0, 0.1) is 13.8 Å². The summed E-state index contributed by atoms with van der Waals surface area (Å²) in [7, 11) is 0. The third-order valence-electron chi connectivity index (χ3n) is 3.10. The highest BCUT2D eigenvalue weighted by molar-refractivity contribution is 5.36. The Bertz CT molecular complexity index is 566. The van der Waals surface area contributed by atoms with E-state index in [1.54, 1.807) is 12.4 Å². The molecule has 0 spiro atoms. The molecule has 2 aromatic heterocycles. The lowest BCUT2D eigenvalue weighted by Gasteiger charge is -2.16. The first-order chi connectivity index (χ1) is 9.65. The van der Waals surface area contributed by atoms with Crippen LogP contribution in [0.15, 0.2) is 28.9 Å². The molecule has 2 heterocycles. The van der Waals surface area contributed by atoms with Gasteiger partial charge in [0.1, 0.15) is 17.3 Å². The first kappa shape index (κ1) is 14.6. The molecular formula is C15H21N3O2. The third kappa shape index (κ3) is 3.18. The van der Waals surface area contributed by atoms with Crippen LogP contribution in [-0.2, 0) is 0 Å². The quantitative estimate of drug-likeness (QED) is 0.626. The zero-order valence-corrected chi connectivity index (χ0v) is 12.1. The summed E-state index contributed by atoms with van der Waals surface area (Å²) in [6.45, 7) is 6.59. The van der Waals surface area contributed by atoms with Crippen LogP contribution in [0.3, 0.4) is 0 Å². The van der Waals surface area contributed by atoms with Crippen LogP contribution in [0.4, 0.5) is 0 Å². The van der Waals surface area contributed by atoms with Crippen molar-refractivity contribution in [3.63, 3.8) is 0 Å². The number of aromatic nitrogens is 1. The van der Waals surface area contributed by atoms with E-state index < -0.39 is 0 Å². The first-order valence-electron chi connectivity index (χ1n) is 6.76. The van der Waals surface area contributed by atoms with E-state index in [0.29, 0.717) is 6.61 Å². The van der Waals surface area contributed by atoms with Crippen LogP contribution < -0.4 is 16.0 Å². The largest absolute Gasteiger partial charge is 0.492 e. The van der Waals surface area contributed by atoms with E-state index >= 15 is 0 Å². The molecule has 0 saturated carbocycles. The fourth-order valence-electron chi connectivity index (χ4n) is 2.19. The second-order valence-corrected chi connectivity index (χ2v) is 4.77. The number of hydrogen-bond donors (Lipinski definition) is 2. The minimum Gasteiger partial charge on any atom is -0.492 e. The SMILES string of the molecule is CCCOc1cncc(C(NN)c2cc(C)oc2C)c1. The van der Waals surface area contributed by atoms with Crippen molar-refractivity contribution in [2.45, 2.75) is 33.2 Å². The summed E-state index contributed by atoms with van der Waals surface area (Å²) in [4.78, 5) is 4.22. The molecule has 0 amide bonds. The van der Waals surface area contributed by atoms with Gasteiger partial charge >= 0.3 is 0 Å². The van der Waals surface area contributed by atoms with Gasteiger partial charge in [-0.1, -0.05) is 6.92 Å². The molecule has 1 unspecified atom stereocenters. The Hall–Kier alpha value is -1.85. The summed E-state index contributed by atoms with van der Waals surface area (Å²) in [6.07, 6.45) is 4.45. The molecule has 0 fully saturated rings. The Morgan fingerprint density at radius 2 is 2.15 bits per heavy atom. The highest BCUT2D eigenvalue weighted by Crippen LogP contribution is 2.28. The van der Waals surface area contributed by atoms with E-state index in [1.807, 2.05) is 26.0 Å². The number of nitrogens with two attached hydrogens (primary N) is 1. The fourth-order valence-corrected chi connectivity index (χ4v) is 2.19. The van der Waals surface area contributed by atoms with Crippen LogP contribution in [0.1, 0.15) is 42.0 Å². The maximum Gasteiger partial charge on any atom is 0.137 e. The molecule has 0 aromatic carbocycles. The Kier molecular flexibility index (Phi) is 4.76. The zero-order chi connectivity index (χ0) is 14.5. The standard InChI is InChI=1S/C15H21N3O2/c1-4-5-19-13-7-12(8-17-9-13)15(18-16)14-6-10(2)20-11(14)3/h6-9,15,18H,4-5,16H2,1-3H3. The van der Waals surface area contributed by atoms with Gasteiger partial charge in [-0.25, -0.2) is 5.43 Å². The number of hydrazine groups is 1. The summed E-state index contributed by atoms with van der Waals surface area (Å²) in [5.74, 6) is 8.17. The van der Waals surface area contributed by atoms with Crippen LogP contribution >= 0.6 is 0 Å². The van der Waals surface area contributed by atoms with Crippen LogP contribution in [0.2, 0.25) is 0 Å². The molecule has 0 bridgehead atoms. The molecule has 2 rings (SSSR count). The van der Waals surface area contributed by atoms with Gasteiger partial charge in [-0.15, -0.1) is 0 Å². The number of ether oxygens (including phenoxy) is 1. The Morgan fingerprint density at radius 3 is 2.75 bits per heavy atom. The number of pyridine rings is 1. The monoisotopic (exact) mass is 275 g/mol. The predicted octanol–water partition coefficient (Wildman–Crippen LogP) is 2.63. The summed E-state index contributed by atoms with van der Waals surface area (Å²) in [6, 6.07) is 3.78. The molecule has 3 N–H and O–H groups in total. The van der Waals surface area contributed by atoms with Gasteiger partial charge in [-0.2, -0.15) is 0 Å². The van der Waals surface area contributed by atoms with E-state index in [0.717, 1.165) is 34.8 Å². The first-order valence-corrected chi connectivity index (χ1v) is 6.76. The lowest BCUT2D eigenvalue weighted by Crippen LogP contribution is -2.29. The van der Waals surface area contributed by atoms with E-state index in [-0.39, 0.29) is 6.04 Å². The summed E-state index contributed by atoms with van der Waals surface area (Å²) >= 11 is 0. The highest BCUT2D eigenvalue weighted by Gasteiger charge is 2.18. The van der Waals surface area contributed by atoms with Crippen molar-refractivity contribution in [1.29, 1.82) is 0 Å². The Morgan fingerprint density at radius 1 is 1.35 bits per heavy atom. The maximum atomic E-state index is 5.70. The molecule has 0 saturated heterocycles. The van der Waals surface area contributed by atoms with Gasteiger partial charge in [0, 0.05) is 11.8 Å². The van der Waals surface area contributed by atoms with Gasteiger partial charge in [-0.3, -0.25) is 10.8 Å². The van der Waals surface area contributed by atoms with Gasteiger partial charge in [0.05, 0.1) is 18.8 Å². The van der Waals surface area contributed by atoms with Gasteiger partial charge in [0.25, 0.3) is 0 Å². The average molecular weight is 275 g/mol. The minimum absolute atomic E-state index is 0.162. The second-order valence-electron chi connectivity index (χ2n) is 4.77. The van der Waals surface area contributed by atoms with Crippen molar-refractivity contribution in [3.8, 4) is 5.75 Å². The summed E-state index contributed by atoms with van der Waals surface area (Å²) in [5.41, 5.74) is 4.78. The number of rotatable bonds is 6. The van der Waals surface area contributed by atoms with Gasteiger partial charge < -0.3 is 9.15 Å². The molecule has 0 aliphatic rings. The van der Waals surface area contributed by atoms with E-state index in [4.69, 9.17) is 15.0 Å². The van der Waals surface area contributed by atoms with Crippen molar-refractivity contribution in [1.82, 2.24) is 10.4 Å². The summed E-state index contributed by atoms with van der Waals surface area (Å²) in [5, 5.41) is 0. The van der Waals surface area contributed by atoms with Crippen molar-refractivity contribution < 1.29 is 9.15 Å². The number of hydrogen-bond acceptors (Lipinski definition) is 5. The fraction of sp³-hybridized carbons (Fsp3) is 0.400. The topological polar surface area (TPSA) is 73.3 Å². The molecule has 0 aliphatic heterocycles. The van der Waals surface area contributed by atoms with Crippen molar-refractivity contribution in [2.24, 2.45) is 5.84 Å². The number of nitrogens with zero attached hydrogens (tertiary/aromatic N) is 1. The van der Waals surface area contributed by atoms with Crippen LogP contribution in [0.5, 0.6) is 5.75 Å². The van der Waals surface area contributed by atoms with Crippen LogP contribution in [0.25, 0.3) is 0 Å². The van der Waals surface area contributed by atoms with Crippen molar-refractivity contribution in [3.05, 3.63) is 47.2 Å². The van der Waals surface area contributed by atoms with Gasteiger partial charge in [0.2, 0.25) is 0 Å². The molecule has 20 heavy (non-hydrogen) atoms. The third-order valence-corrected chi connectivity index (χ3v) is 3.10. The van der Waals surface area contributed by atoms with E-state index in [1.165, 1.54) is 0 Å². The van der Waals surface area contributed by atoms with Crippen LogP contribution in [-0.4, -0.2) is 11.6 Å². The van der Waals surface area contributed by atoms with E-state index in [9.17, 15) is 0 Å². The molecule has 1 atom stereocenters. The van der Waals surface area contributed by atoms with Gasteiger partial charge in [0.15, 0.2) is 0 Å². The lowest BCUT2D eigenvalue weighted by atomic mass is 10.0. The molecule has 0 radical (unpaired) electrons. The highest BCUT2D eigenvalue weighted by atomic mass is 16.5. The molecular weight excluding hydrogens is 254 g/mol. The average Bonchev–Trinajstić information content (AvgIpc) is 2.77. The Balaban J connectivity index is 2.29. The number of furan rings is 1. The number of nitrogens with one attached hydrogen (secondary N) is 1. The van der Waals surface area contributed by atoms with E-state index in [2.05, 4.69) is 17.3 Å². The molecule has 5 heteroatoms. The predicted molar refractivity (Wildman–Crippen MR) is 77.4 cm³/mol. The Labute approximate surface area is 119 Å². The summed E-state index contributed by atoms with van der Waals surface area (Å²) < 4.78 is 11.2. The molecule has 108 valence electrons. The molecule has 5 nitrogen and oxygen atoms in total. The lowest BCUT2D eigenvalue weighted by molar-refractivity contribution is 0.315. The van der Waals surface area contributed by atoms with Crippen molar-refractivity contribution >= 4 is 0 Å².